The second-order valence-electron chi connectivity index (χ2n) is 9.03. The van der Waals surface area contributed by atoms with E-state index in [2.05, 4.69) is 23.8 Å². The van der Waals surface area contributed by atoms with Crippen LogP contribution in [0.15, 0.2) is 30.6 Å². The Morgan fingerprint density at radius 2 is 2.03 bits per heavy atom. The number of likely N-dealkylation sites (tertiary alicyclic amines) is 1. The fourth-order valence-corrected chi connectivity index (χ4v) is 4.58. The molecular formula is C26H33N5O. The van der Waals surface area contributed by atoms with Gasteiger partial charge in [-0.2, -0.15) is 0 Å². The molecule has 3 heterocycles. The monoisotopic (exact) mass is 431 g/mol. The Hall–Kier alpha value is -3.07. The maximum absolute atomic E-state index is 13.2. The van der Waals surface area contributed by atoms with Crippen molar-refractivity contribution in [3.63, 3.8) is 0 Å². The van der Waals surface area contributed by atoms with Gasteiger partial charge in [0.25, 0.3) is 5.91 Å². The number of nitrogens with one attached hydrogen (secondary N) is 1. The van der Waals surface area contributed by atoms with E-state index in [9.17, 15) is 4.79 Å². The van der Waals surface area contributed by atoms with E-state index in [0.717, 1.165) is 55.7 Å². The molecular weight excluding hydrogens is 398 g/mol. The first-order valence-electron chi connectivity index (χ1n) is 11.8. The van der Waals surface area contributed by atoms with Crippen molar-refractivity contribution in [3.05, 3.63) is 47.2 Å². The maximum atomic E-state index is 13.2. The minimum atomic E-state index is 0.0577. The number of pyridine rings is 2. The van der Waals surface area contributed by atoms with Crippen LogP contribution in [0.2, 0.25) is 0 Å². The third-order valence-corrected chi connectivity index (χ3v) is 6.85. The highest BCUT2D eigenvalue weighted by Gasteiger charge is 2.29. The zero-order valence-electron chi connectivity index (χ0n) is 19.2. The van der Waals surface area contributed by atoms with Crippen LogP contribution in [0.25, 0.3) is 0 Å². The summed E-state index contributed by atoms with van der Waals surface area (Å²) < 4.78 is 1.79. The standard InChI is InChI=1S/C26H33N5O/c1-4-12-31(22-11-13-29(3)24(27)17-22)25-23(20-7-6-8-20)16-21(18-28-25)26(32)30-14-9-19(5-2)10-15-30/h2,11,13,16-20,27H,4,6-10,12,14-15H2,1,3H3. The van der Waals surface area contributed by atoms with E-state index in [-0.39, 0.29) is 11.8 Å². The van der Waals surface area contributed by atoms with E-state index in [1.165, 1.54) is 6.42 Å². The molecule has 0 spiro atoms. The number of amides is 1. The van der Waals surface area contributed by atoms with Gasteiger partial charge in [-0.3, -0.25) is 10.2 Å². The molecule has 32 heavy (non-hydrogen) atoms. The molecule has 2 aromatic rings. The Kier molecular flexibility index (Phi) is 6.64. The number of carbonyl (C=O) groups is 1. The van der Waals surface area contributed by atoms with Crippen molar-refractivity contribution in [2.45, 2.75) is 51.4 Å². The van der Waals surface area contributed by atoms with Gasteiger partial charge in [0.15, 0.2) is 0 Å². The zero-order valence-corrected chi connectivity index (χ0v) is 19.2. The first-order valence-corrected chi connectivity index (χ1v) is 11.8. The molecule has 168 valence electrons. The lowest BCUT2D eigenvalue weighted by molar-refractivity contribution is 0.0707. The normalized spacial score (nSPS) is 17.0. The predicted octanol–water partition coefficient (Wildman–Crippen LogP) is 4.20. The fourth-order valence-electron chi connectivity index (χ4n) is 4.58. The molecule has 0 radical (unpaired) electrons. The maximum Gasteiger partial charge on any atom is 0.255 e. The smallest absolute Gasteiger partial charge is 0.255 e. The average Bonchev–Trinajstić information content (AvgIpc) is 2.78. The van der Waals surface area contributed by atoms with E-state index in [1.54, 1.807) is 10.8 Å². The third-order valence-electron chi connectivity index (χ3n) is 6.85. The van der Waals surface area contributed by atoms with Gasteiger partial charge in [-0.15, -0.1) is 12.3 Å². The second-order valence-corrected chi connectivity index (χ2v) is 9.03. The van der Waals surface area contributed by atoms with Crippen LogP contribution in [0.5, 0.6) is 0 Å². The summed E-state index contributed by atoms with van der Waals surface area (Å²) in [6.07, 6.45) is 15.4. The molecule has 1 amide bonds. The van der Waals surface area contributed by atoms with Crippen molar-refractivity contribution in [1.82, 2.24) is 14.5 Å². The van der Waals surface area contributed by atoms with Crippen LogP contribution >= 0.6 is 0 Å². The van der Waals surface area contributed by atoms with Crippen molar-refractivity contribution in [3.8, 4) is 12.3 Å². The average molecular weight is 432 g/mol. The lowest BCUT2D eigenvalue weighted by atomic mass is 9.79. The lowest BCUT2D eigenvalue weighted by Gasteiger charge is -2.33. The van der Waals surface area contributed by atoms with Crippen molar-refractivity contribution in [1.29, 1.82) is 5.41 Å². The Bertz CT molecular complexity index is 1070. The van der Waals surface area contributed by atoms with Crippen molar-refractivity contribution >= 4 is 17.4 Å². The molecule has 2 aromatic heterocycles. The SMILES string of the molecule is C#CC1CCN(C(=O)c2cnc(N(CCC)c3ccn(C)c(=N)c3)c(C3CCC3)c2)CC1. The second kappa shape index (κ2) is 9.60. The van der Waals surface area contributed by atoms with E-state index >= 15 is 0 Å². The number of carbonyl (C=O) groups excluding carboxylic acids is 1. The first-order chi connectivity index (χ1) is 15.5. The summed E-state index contributed by atoms with van der Waals surface area (Å²) in [4.78, 5) is 22.2. The van der Waals surface area contributed by atoms with Crippen LogP contribution in [0.1, 0.15) is 67.3 Å². The predicted molar refractivity (Wildman–Crippen MR) is 127 cm³/mol. The number of hydrogen-bond donors (Lipinski definition) is 1. The Morgan fingerprint density at radius 3 is 2.62 bits per heavy atom. The number of aryl methyl sites for hydroxylation is 1. The van der Waals surface area contributed by atoms with Gasteiger partial charge in [0.1, 0.15) is 11.3 Å². The summed E-state index contributed by atoms with van der Waals surface area (Å²) in [6, 6.07) is 6.00. The third kappa shape index (κ3) is 4.43. The van der Waals surface area contributed by atoms with Gasteiger partial charge >= 0.3 is 0 Å². The molecule has 6 nitrogen and oxygen atoms in total. The van der Waals surface area contributed by atoms with E-state index < -0.39 is 0 Å². The molecule has 1 saturated carbocycles. The lowest BCUT2D eigenvalue weighted by Crippen LogP contribution is -2.38. The number of aromatic nitrogens is 2. The van der Waals surface area contributed by atoms with Gasteiger partial charge in [-0.05, 0) is 55.7 Å². The van der Waals surface area contributed by atoms with E-state index in [4.69, 9.17) is 16.8 Å². The Morgan fingerprint density at radius 1 is 1.28 bits per heavy atom. The Labute approximate surface area is 190 Å². The zero-order chi connectivity index (χ0) is 22.7. The van der Waals surface area contributed by atoms with Crippen LogP contribution in [-0.2, 0) is 7.05 Å². The van der Waals surface area contributed by atoms with E-state index in [1.807, 2.05) is 30.3 Å². The van der Waals surface area contributed by atoms with Crippen molar-refractivity contribution < 1.29 is 4.79 Å². The number of piperidine rings is 1. The summed E-state index contributed by atoms with van der Waals surface area (Å²) in [5, 5.41) is 8.22. The number of nitrogens with zero attached hydrogens (tertiary/aromatic N) is 4. The van der Waals surface area contributed by atoms with Gasteiger partial charge in [-0.1, -0.05) is 13.3 Å². The molecule has 1 aliphatic carbocycles. The fraction of sp³-hybridized carbons (Fsp3) is 0.500. The molecule has 1 saturated heterocycles. The van der Waals surface area contributed by atoms with Crippen molar-refractivity contribution in [2.75, 3.05) is 24.5 Å². The van der Waals surface area contributed by atoms with Crippen molar-refractivity contribution in [2.24, 2.45) is 13.0 Å². The minimum absolute atomic E-state index is 0.0577. The van der Waals surface area contributed by atoms with Gasteiger partial charge in [-0.25, -0.2) is 4.98 Å². The highest BCUT2D eigenvalue weighted by Crippen LogP contribution is 2.42. The molecule has 2 aliphatic rings. The van der Waals surface area contributed by atoms with Crippen LogP contribution in [0.3, 0.4) is 0 Å². The largest absolute Gasteiger partial charge is 0.339 e. The molecule has 0 aromatic carbocycles. The number of hydrogen-bond acceptors (Lipinski definition) is 4. The van der Waals surface area contributed by atoms with Crippen LogP contribution in [0, 0.1) is 23.7 Å². The number of anilines is 2. The van der Waals surface area contributed by atoms with Crippen LogP contribution < -0.4 is 10.4 Å². The molecule has 0 atom stereocenters. The summed E-state index contributed by atoms with van der Waals surface area (Å²) in [5.41, 5.74) is 3.26. The number of rotatable bonds is 6. The minimum Gasteiger partial charge on any atom is -0.339 e. The quantitative estimate of drug-likeness (QED) is 0.697. The number of terminal acetylenes is 1. The topological polar surface area (TPSA) is 65.2 Å². The summed E-state index contributed by atoms with van der Waals surface area (Å²) in [5.74, 6) is 4.52. The molecule has 6 heteroatoms. The molecule has 0 bridgehead atoms. The Balaban J connectivity index is 1.67. The van der Waals surface area contributed by atoms with Gasteiger partial charge in [0.2, 0.25) is 0 Å². The summed E-state index contributed by atoms with van der Waals surface area (Å²) >= 11 is 0. The molecule has 1 aliphatic heterocycles. The van der Waals surface area contributed by atoms with Gasteiger partial charge in [0.05, 0.1) is 5.56 Å². The first kappa shape index (κ1) is 22.1. The van der Waals surface area contributed by atoms with Gasteiger partial charge < -0.3 is 14.4 Å². The van der Waals surface area contributed by atoms with Crippen LogP contribution in [0.4, 0.5) is 11.5 Å². The van der Waals surface area contributed by atoms with Crippen LogP contribution in [-0.4, -0.2) is 40.0 Å². The molecule has 4 rings (SSSR count). The molecule has 2 fully saturated rings. The summed E-state index contributed by atoms with van der Waals surface area (Å²) in [7, 11) is 1.88. The highest BCUT2D eigenvalue weighted by molar-refractivity contribution is 5.94. The molecule has 1 N–H and O–H groups in total. The van der Waals surface area contributed by atoms with Gasteiger partial charge in [0, 0.05) is 56.7 Å². The highest BCUT2D eigenvalue weighted by atomic mass is 16.2. The molecule has 0 unspecified atom stereocenters. The summed E-state index contributed by atoms with van der Waals surface area (Å²) in [6.45, 7) is 4.39. The van der Waals surface area contributed by atoms with E-state index in [0.29, 0.717) is 30.1 Å².